The summed E-state index contributed by atoms with van der Waals surface area (Å²) in [5.41, 5.74) is 0.447. The van der Waals surface area contributed by atoms with Gasteiger partial charge < -0.3 is 14.5 Å². The molecule has 0 aliphatic rings. The third-order valence-electron chi connectivity index (χ3n) is 3.89. The number of aliphatic carboxylic acids is 1. The van der Waals surface area contributed by atoms with E-state index >= 15 is 0 Å². The number of carbonyl (C=O) groups excluding carboxylic acids is 1. The molecule has 1 aromatic carbocycles. The average molecular weight is 377 g/mol. The summed E-state index contributed by atoms with van der Waals surface area (Å²) in [7, 11) is 0. The second kappa shape index (κ2) is 8.75. The molecule has 8 heteroatoms. The lowest BCUT2D eigenvalue weighted by atomic mass is 9.96. The Bertz CT molecular complexity index is 781. The Balaban J connectivity index is 1.92. The molecule has 0 aliphatic carbocycles. The number of hydrogen-bond donors (Lipinski definition) is 1. The maximum Gasteiger partial charge on any atom is 0.323 e. The standard InChI is InChI=1S/C19H24FN3O4/c1-19(2,3)18-21-15(27-22-18)5-4-6-16(24)23(12-17(25)26)11-13-7-9-14(20)10-8-13/h7-10H,4-6,11-12H2,1-3H3,(H,25,26). The van der Waals surface area contributed by atoms with Crippen LogP contribution in [0.3, 0.4) is 0 Å². The zero-order chi connectivity index (χ0) is 20.0. The number of hydrogen-bond acceptors (Lipinski definition) is 5. The molecule has 0 unspecified atom stereocenters. The molecule has 2 aromatic rings. The van der Waals surface area contributed by atoms with E-state index in [0.717, 1.165) is 0 Å². The van der Waals surface area contributed by atoms with E-state index in [0.29, 0.717) is 30.1 Å². The van der Waals surface area contributed by atoms with Gasteiger partial charge in [0.05, 0.1) is 0 Å². The normalized spacial score (nSPS) is 11.4. The van der Waals surface area contributed by atoms with Crippen LogP contribution in [0.2, 0.25) is 0 Å². The van der Waals surface area contributed by atoms with Crippen molar-refractivity contribution in [2.45, 2.75) is 52.0 Å². The second-order valence-corrected chi connectivity index (χ2v) is 7.39. The second-order valence-electron chi connectivity index (χ2n) is 7.39. The van der Waals surface area contributed by atoms with Gasteiger partial charge in [-0.05, 0) is 24.1 Å². The van der Waals surface area contributed by atoms with Gasteiger partial charge in [-0.15, -0.1) is 0 Å². The van der Waals surface area contributed by atoms with Gasteiger partial charge in [-0.3, -0.25) is 9.59 Å². The minimum atomic E-state index is -1.10. The summed E-state index contributed by atoms with van der Waals surface area (Å²) in [5.74, 6) is -0.720. The number of rotatable bonds is 8. The summed E-state index contributed by atoms with van der Waals surface area (Å²) in [5, 5.41) is 13.0. The van der Waals surface area contributed by atoms with Gasteiger partial charge >= 0.3 is 5.97 Å². The largest absolute Gasteiger partial charge is 0.480 e. The Morgan fingerprint density at radius 1 is 1.22 bits per heavy atom. The number of aryl methyl sites for hydroxylation is 1. The van der Waals surface area contributed by atoms with Gasteiger partial charge in [0, 0.05) is 24.8 Å². The van der Waals surface area contributed by atoms with Crippen molar-refractivity contribution >= 4 is 11.9 Å². The molecule has 0 saturated heterocycles. The first kappa shape index (κ1) is 20.5. The van der Waals surface area contributed by atoms with Gasteiger partial charge in [-0.25, -0.2) is 4.39 Å². The van der Waals surface area contributed by atoms with Crippen LogP contribution in [0.4, 0.5) is 4.39 Å². The number of nitrogens with zero attached hydrogens (tertiary/aromatic N) is 3. The average Bonchev–Trinajstić information content (AvgIpc) is 3.05. The summed E-state index contributed by atoms with van der Waals surface area (Å²) in [6.45, 7) is 5.63. The maximum absolute atomic E-state index is 13.0. The maximum atomic E-state index is 13.0. The summed E-state index contributed by atoms with van der Waals surface area (Å²) >= 11 is 0. The summed E-state index contributed by atoms with van der Waals surface area (Å²) in [6.07, 6.45) is 1.05. The van der Waals surface area contributed by atoms with Gasteiger partial charge in [0.1, 0.15) is 12.4 Å². The fourth-order valence-corrected chi connectivity index (χ4v) is 2.42. The van der Waals surface area contributed by atoms with Crippen LogP contribution in [0.1, 0.15) is 50.9 Å². The fourth-order valence-electron chi connectivity index (χ4n) is 2.42. The monoisotopic (exact) mass is 377 g/mol. The molecule has 0 fully saturated rings. The molecule has 0 atom stereocenters. The lowest BCUT2D eigenvalue weighted by molar-refractivity contribution is -0.145. The van der Waals surface area contributed by atoms with E-state index in [9.17, 15) is 14.0 Å². The summed E-state index contributed by atoms with van der Waals surface area (Å²) in [4.78, 5) is 29.0. The smallest absolute Gasteiger partial charge is 0.323 e. The predicted octanol–water partition coefficient (Wildman–Crippen LogP) is 2.94. The third kappa shape index (κ3) is 6.47. The van der Waals surface area contributed by atoms with E-state index in [-0.39, 0.29) is 30.1 Å². The number of carboxylic acid groups (broad SMARTS) is 1. The number of carbonyl (C=O) groups is 2. The van der Waals surface area contributed by atoms with Crippen molar-refractivity contribution in [1.29, 1.82) is 0 Å². The zero-order valence-electron chi connectivity index (χ0n) is 15.7. The van der Waals surface area contributed by atoms with Crippen molar-refractivity contribution in [3.63, 3.8) is 0 Å². The van der Waals surface area contributed by atoms with Crippen LogP contribution in [0.5, 0.6) is 0 Å². The molecule has 1 amide bonds. The Morgan fingerprint density at radius 2 is 1.89 bits per heavy atom. The summed E-state index contributed by atoms with van der Waals surface area (Å²) in [6, 6.07) is 5.62. The van der Waals surface area contributed by atoms with E-state index < -0.39 is 12.5 Å². The topological polar surface area (TPSA) is 96.5 Å². The van der Waals surface area contributed by atoms with Crippen LogP contribution in [0.15, 0.2) is 28.8 Å². The van der Waals surface area contributed by atoms with Crippen molar-refractivity contribution in [2.75, 3.05) is 6.54 Å². The Morgan fingerprint density at radius 3 is 2.44 bits per heavy atom. The summed E-state index contributed by atoms with van der Waals surface area (Å²) < 4.78 is 18.2. The minimum absolute atomic E-state index is 0.111. The molecule has 0 radical (unpaired) electrons. The third-order valence-corrected chi connectivity index (χ3v) is 3.89. The number of halogens is 1. The Labute approximate surface area is 157 Å². The highest BCUT2D eigenvalue weighted by molar-refractivity contribution is 5.81. The fraction of sp³-hybridized carbons (Fsp3) is 0.474. The SMILES string of the molecule is CC(C)(C)c1noc(CCCC(=O)N(CC(=O)O)Cc2ccc(F)cc2)n1. The molecule has 27 heavy (non-hydrogen) atoms. The van der Waals surface area contributed by atoms with Crippen LogP contribution in [0.25, 0.3) is 0 Å². The van der Waals surface area contributed by atoms with Crippen molar-refractivity contribution in [3.8, 4) is 0 Å². The van der Waals surface area contributed by atoms with Crippen LogP contribution >= 0.6 is 0 Å². The van der Waals surface area contributed by atoms with E-state index in [1.807, 2.05) is 20.8 Å². The van der Waals surface area contributed by atoms with Crippen LogP contribution < -0.4 is 0 Å². The Hall–Kier alpha value is -2.77. The lowest BCUT2D eigenvalue weighted by Gasteiger charge is -2.20. The van der Waals surface area contributed by atoms with Gasteiger partial charge in [-0.2, -0.15) is 4.98 Å². The van der Waals surface area contributed by atoms with Crippen molar-refractivity contribution in [2.24, 2.45) is 0 Å². The molecule has 0 bridgehead atoms. The van der Waals surface area contributed by atoms with Gasteiger partial charge in [-0.1, -0.05) is 38.1 Å². The molecular formula is C19H24FN3O4. The Kier molecular flexibility index (Phi) is 6.65. The van der Waals surface area contributed by atoms with Gasteiger partial charge in [0.15, 0.2) is 5.82 Å². The van der Waals surface area contributed by atoms with Gasteiger partial charge in [0.25, 0.3) is 0 Å². The van der Waals surface area contributed by atoms with Crippen molar-refractivity contribution in [3.05, 3.63) is 47.4 Å². The highest BCUT2D eigenvalue weighted by Gasteiger charge is 2.21. The highest BCUT2D eigenvalue weighted by atomic mass is 19.1. The lowest BCUT2D eigenvalue weighted by Crippen LogP contribution is -2.35. The first-order chi connectivity index (χ1) is 12.6. The van der Waals surface area contributed by atoms with E-state index in [4.69, 9.17) is 9.63 Å². The predicted molar refractivity (Wildman–Crippen MR) is 95.4 cm³/mol. The molecule has 2 rings (SSSR count). The molecule has 0 aliphatic heterocycles. The molecule has 1 heterocycles. The number of amides is 1. The quantitative estimate of drug-likeness (QED) is 0.760. The molecule has 1 N–H and O–H groups in total. The van der Waals surface area contributed by atoms with Crippen molar-refractivity contribution < 1.29 is 23.6 Å². The highest BCUT2D eigenvalue weighted by Crippen LogP contribution is 2.19. The first-order valence-corrected chi connectivity index (χ1v) is 8.72. The van der Waals surface area contributed by atoms with Crippen LogP contribution in [-0.4, -0.2) is 38.6 Å². The van der Waals surface area contributed by atoms with E-state index in [1.54, 1.807) is 0 Å². The van der Waals surface area contributed by atoms with Crippen LogP contribution in [0, 0.1) is 5.82 Å². The minimum Gasteiger partial charge on any atom is -0.480 e. The first-order valence-electron chi connectivity index (χ1n) is 8.72. The molecule has 1 aromatic heterocycles. The number of benzene rings is 1. The number of carboxylic acids is 1. The van der Waals surface area contributed by atoms with Crippen LogP contribution in [-0.2, 0) is 28.0 Å². The van der Waals surface area contributed by atoms with E-state index in [1.165, 1.54) is 29.2 Å². The zero-order valence-corrected chi connectivity index (χ0v) is 15.7. The molecule has 0 saturated carbocycles. The molecule has 146 valence electrons. The molecule has 7 nitrogen and oxygen atoms in total. The number of aromatic nitrogens is 2. The van der Waals surface area contributed by atoms with Crippen molar-refractivity contribution in [1.82, 2.24) is 15.0 Å². The van der Waals surface area contributed by atoms with E-state index in [2.05, 4.69) is 10.1 Å². The molecule has 0 spiro atoms. The van der Waals surface area contributed by atoms with Gasteiger partial charge in [0.2, 0.25) is 11.8 Å². The molecular weight excluding hydrogens is 353 g/mol.